The molecule has 3 nitrogen and oxygen atoms in total. The Hall–Kier alpha value is -0.120. The number of rotatable bonds is 3. The van der Waals surface area contributed by atoms with E-state index in [0.29, 0.717) is 6.04 Å². The van der Waals surface area contributed by atoms with Gasteiger partial charge >= 0.3 is 0 Å². The van der Waals surface area contributed by atoms with Crippen LogP contribution in [0.5, 0.6) is 0 Å². The molecular formula is C13H27NO2. The van der Waals surface area contributed by atoms with Gasteiger partial charge in [-0.25, -0.2) is 0 Å². The lowest BCUT2D eigenvalue weighted by molar-refractivity contribution is 0.108. The fourth-order valence-electron chi connectivity index (χ4n) is 2.04. The van der Waals surface area contributed by atoms with Gasteiger partial charge in [-0.2, -0.15) is 0 Å². The Morgan fingerprint density at radius 1 is 1.12 bits per heavy atom. The van der Waals surface area contributed by atoms with Crippen LogP contribution < -0.4 is 5.32 Å². The fraction of sp³-hybridized carbons (Fsp3) is 1.00. The van der Waals surface area contributed by atoms with Crippen LogP contribution in [0, 0.1) is 0 Å². The Kier molecular flexibility index (Phi) is 8.77. The summed E-state index contributed by atoms with van der Waals surface area (Å²) >= 11 is 0. The molecule has 96 valence electrons. The molecule has 1 N–H and O–H groups in total. The molecule has 0 aromatic carbocycles. The molecule has 0 saturated carbocycles. The molecule has 1 heterocycles. The lowest BCUT2D eigenvalue weighted by Crippen LogP contribution is -2.34. The van der Waals surface area contributed by atoms with Crippen molar-refractivity contribution in [2.24, 2.45) is 0 Å². The summed E-state index contributed by atoms with van der Waals surface area (Å²) in [6.07, 6.45) is 7.53. The summed E-state index contributed by atoms with van der Waals surface area (Å²) in [5.41, 5.74) is 0. The number of hydrogen-bond acceptors (Lipinski definition) is 3. The zero-order chi connectivity index (χ0) is 11.5. The summed E-state index contributed by atoms with van der Waals surface area (Å²) in [7, 11) is 0. The molecule has 1 aliphatic heterocycles. The van der Waals surface area contributed by atoms with Gasteiger partial charge in [-0.15, -0.1) is 0 Å². The van der Waals surface area contributed by atoms with E-state index in [1.807, 2.05) is 0 Å². The van der Waals surface area contributed by atoms with Gasteiger partial charge in [0.1, 0.15) is 0 Å². The molecule has 0 radical (unpaired) electrons. The third-order valence-corrected chi connectivity index (χ3v) is 3.01. The first-order valence-electron chi connectivity index (χ1n) is 6.82. The molecule has 1 rings (SSSR count). The summed E-state index contributed by atoms with van der Waals surface area (Å²) < 4.78 is 11.1. The molecule has 0 amide bonds. The maximum atomic E-state index is 5.55. The van der Waals surface area contributed by atoms with Gasteiger partial charge in [0, 0.05) is 25.9 Å². The largest absolute Gasteiger partial charge is 0.381 e. The van der Waals surface area contributed by atoms with E-state index in [0.717, 1.165) is 39.4 Å². The highest BCUT2D eigenvalue weighted by atomic mass is 16.5. The molecule has 1 fully saturated rings. The predicted octanol–water partition coefficient (Wildman–Crippen LogP) is 2.35. The van der Waals surface area contributed by atoms with Gasteiger partial charge in [0.05, 0.1) is 6.61 Å². The maximum absolute atomic E-state index is 5.55. The number of hydrogen-bond donors (Lipinski definition) is 1. The molecule has 16 heavy (non-hydrogen) atoms. The van der Waals surface area contributed by atoms with Crippen molar-refractivity contribution in [2.75, 3.05) is 33.0 Å². The van der Waals surface area contributed by atoms with E-state index in [1.165, 1.54) is 32.1 Å². The smallest absolute Gasteiger partial charge is 0.0619 e. The van der Waals surface area contributed by atoms with Gasteiger partial charge in [0.2, 0.25) is 0 Å². The van der Waals surface area contributed by atoms with E-state index in [2.05, 4.69) is 12.2 Å². The van der Waals surface area contributed by atoms with E-state index in [1.54, 1.807) is 0 Å². The Morgan fingerprint density at radius 2 is 1.94 bits per heavy atom. The van der Waals surface area contributed by atoms with Gasteiger partial charge in [-0.1, -0.05) is 19.3 Å². The van der Waals surface area contributed by atoms with E-state index in [-0.39, 0.29) is 0 Å². The van der Waals surface area contributed by atoms with Gasteiger partial charge in [-0.05, 0) is 32.7 Å². The molecule has 0 spiro atoms. The second-order valence-electron chi connectivity index (χ2n) is 4.48. The zero-order valence-corrected chi connectivity index (χ0v) is 10.7. The Bertz CT molecular complexity index is 141. The first-order valence-corrected chi connectivity index (χ1v) is 6.82. The summed E-state index contributed by atoms with van der Waals surface area (Å²) in [6, 6.07) is 0.541. The first-order chi connectivity index (χ1) is 7.93. The van der Waals surface area contributed by atoms with E-state index in [4.69, 9.17) is 9.47 Å². The van der Waals surface area contributed by atoms with Crippen LogP contribution in [-0.4, -0.2) is 39.0 Å². The minimum absolute atomic E-state index is 0.541. The van der Waals surface area contributed by atoms with Crippen molar-refractivity contribution in [1.82, 2.24) is 5.32 Å². The second-order valence-corrected chi connectivity index (χ2v) is 4.48. The van der Waals surface area contributed by atoms with E-state index in [9.17, 15) is 0 Å². The van der Waals surface area contributed by atoms with Crippen LogP contribution in [0.3, 0.4) is 0 Å². The highest BCUT2D eigenvalue weighted by Crippen LogP contribution is 2.07. The van der Waals surface area contributed by atoms with Crippen LogP contribution in [0.15, 0.2) is 0 Å². The molecule has 0 aromatic heterocycles. The van der Waals surface area contributed by atoms with Crippen LogP contribution >= 0.6 is 0 Å². The summed E-state index contributed by atoms with van der Waals surface area (Å²) in [5, 5.41) is 3.57. The lowest BCUT2D eigenvalue weighted by atomic mass is 10.1. The van der Waals surface area contributed by atoms with Crippen LogP contribution in [0.1, 0.15) is 45.4 Å². The fourth-order valence-corrected chi connectivity index (χ4v) is 2.04. The quantitative estimate of drug-likeness (QED) is 0.806. The van der Waals surface area contributed by atoms with E-state index >= 15 is 0 Å². The topological polar surface area (TPSA) is 30.5 Å². The normalized spacial score (nSPS) is 25.7. The summed E-state index contributed by atoms with van der Waals surface area (Å²) in [5.74, 6) is 0. The summed E-state index contributed by atoms with van der Waals surface area (Å²) in [6.45, 7) is 6.64. The third kappa shape index (κ3) is 7.20. The van der Waals surface area contributed by atoms with Gasteiger partial charge < -0.3 is 14.8 Å². The van der Waals surface area contributed by atoms with Gasteiger partial charge in [0.15, 0.2) is 0 Å². The third-order valence-electron chi connectivity index (χ3n) is 3.01. The number of ether oxygens (including phenoxy) is 2. The maximum Gasteiger partial charge on any atom is 0.0619 e. The van der Waals surface area contributed by atoms with E-state index < -0.39 is 0 Å². The molecular weight excluding hydrogens is 202 g/mol. The molecule has 1 aliphatic rings. The summed E-state index contributed by atoms with van der Waals surface area (Å²) in [4.78, 5) is 0. The van der Waals surface area contributed by atoms with Crippen molar-refractivity contribution < 1.29 is 9.47 Å². The highest BCUT2D eigenvalue weighted by molar-refractivity contribution is 4.66. The zero-order valence-electron chi connectivity index (χ0n) is 10.7. The monoisotopic (exact) mass is 229 g/mol. The van der Waals surface area contributed by atoms with Crippen molar-refractivity contribution >= 4 is 0 Å². The van der Waals surface area contributed by atoms with Crippen LogP contribution in [0.2, 0.25) is 0 Å². The molecule has 3 heteroatoms. The Labute approximate surface area is 99.9 Å². The molecule has 0 aromatic rings. The van der Waals surface area contributed by atoms with Gasteiger partial charge in [0.25, 0.3) is 0 Å². The average molecular weight is 229 g/mol. The number of nitrogens with one attached hydrogen (secondary N) is 1. The van der Waals surface area contributed by atoms with Crippen molar-refractivity contribution in [1.29, 1.82) is 0 Å². The molecule has 0 aliphatic carbocycles. The molecule has 1 atom stereocenters. The standard InChI is InChI=1S/C13H27NO2/c1-2-15-12-13-8-5-3-4-6-10-16-11-7-9-14-13/h13-14H,2-12H2,1H3. The van der Waals surface area contributed by atoms with Crippen LogP contribution in [-0.2, 0) is 9.47 Å². The van der Waals surface area contributed by atoms with Crippen molar-refractivity contribution in [3.05, 3.63) is 0 Å². The minimum Gasteiger partial charge on any atom is -0.381 e. The predicted molar refractivity (Wildman–Crippen MR) is 66.8 cm³/mol. The second kappa shape index (κ2) is 10.1. The molecule has 1 unspecified atom stereocenters. The van der Waals surface area contributed by atoms with Crippen LogP contribution in [0.25, 0.3) is 0 Å². The Balaban J connectivity index is 2.19. The first kappa shape index (κ1) is 13.9. The average Bonchev–Trinajstić information content (AvgIpc) is 2.28. The lowest BCUT2D eigenvalue weighted by Gasteiger charge is -2.19. The molecule has 0 bridgehead atoms. The van der Waals surface area contributed by atoms with Crippen molar-refractivity contribution in [3.63, 3.8) is 0 Å². The van der Waals surface area contributed by atoms with Gasteiger partial charge in [-0.3, -0.25) is 0 Å². The molecule has 1 saturated heterocycles. The highest BCUT2D eigenvalue weighted by Gasteiger charge is 2.08. The SMILES string of the molecule is CCOCC1CCCCCCOCCCN1. The van der Waals surface area contributed by atoms with Crippen molar-refractivity contribution in [3.8, 4) is 0 Å². The van der Waals surface area contributed by atoms with Crippen molar-refractivity contribution in [2.45, 2.75) is 51.5 Å². The Morgan fingerprint density at radius 3 is 2.81 bits per heavy atom. The minimum atomic E-state index is 0.541. The van der Waals surface area contributed by atoms with Crippen LogP contribution in [0.4, 0.5) is 0 Å².